The molecule has 2 aliphatic carbocycles. The van der Waals surface area contributed by atoms with E-state index in [2.05, 4.69) is 42.5 Å². The molecule has 6 rings (SSSR count). The number of hydrogen-bond donors (Lipinski definition) is 1. The molecule has 8 nitrogen and oxygen atoms in total. The van der Waals surface area contributed by atoms with E-state index in [1.165, 1.54) is 12.8 Å². The minimum Gasteiger partial charge on any atom is -0.334 e. The van der Waals surface area contributed by atoms with Crippen LogP contribution in [-0.4, -0.2) is 24.9 Å². The molecule has 0 radical (unpaired) electrons. The first-order valence-electron chi connectivity index (χ1n) is 9.96. The number of benzene rings is 1. The van der Waals surface area contributed by atoms with E-state index in [4.69, 9.17) is 4.52 Å². The van der Waals surface area contributed by atoms with E-state index in [1.807, 2.05) is 47.7 Å². The first-order valence-corrected chi connectivity index (χ1v) is 9.96. The second-order valence-electron chi connectivity index (χ2n) is 7.71. The summed E-state index contributed by atoms with van der Waals surface area (Å²) >= 11 is 0. The van der Waals surface area contributed by atoms with Gasteiger partial charge in [-0.3, -0.25) is 0 Å². The zero-order valence-electron chi connectivity index (χ0n) is 15.8. The van der Waals surface area contributed by atoms with Gasteiger partial charge in [0.25, 0.3) is 5.89 Å². The number of rotatable bonds is 6. The fourth-order valence-electron chi connectivity index (χ4n) is 3.45. The van der Waals surface area contributed by atoms with E-state index in [-0.39, 0.29) is 0 Å². The van der Waals surface area contributed by atoms with Crippen LogP contribution in [0, 0.1) is 0 Å². The molecule has 4 aromatic rings. The third-order valence-electron chi connectivity index (χ3n) is 5.35. The molecule has 29 heavy (non-hydrogen) atoms. The van der Waals surface area contributed by atoms with Crippen molar-refractivity contribution in [3.05, 3.63) is 60.9 Å². The Balaban J connectivity index is 1.21. The smallest absolute Gasteiger partial charge is 0.258 e. The SMILES string of the molecule is c1cc(N[n+]2ccc(-c3nc(C4CC4)no3)cc2)cc(-c2nncn2C2CC2)c1. The average molecular weight is 386 g/mol. The molecular weight excluding hydrogens is 366 g/mol. The van der Waals surface area contributed by atoms with E-state index in [0.29, 0.717) is 17.9 Å². The van der Waals surface area contributed by atoms with Gasteiger partial charge >= 0.3 is 0 Å². The summed E-state index contributed by atoms with van der Waals surface area (Å²) in [5.41, 5.74) is 6.31. The topological polar surface area (TPSA) is 85.5 Å². The molecule has 0 amide bonds. The molecule has 0 bridgehead atoms. The highest BCUT2D eigenvalue weighted by atomic mass is 16.5. The molecule has 0 unspecified atom stereocenters. The van der Waals surface area contributed by atoms with Crippen molar-refractivity contribution < 1.29 is 9.20 Å². The quantitative estimate of drug-likeness (QED) is 0.512. The van der Waals surface area contributed by atoms with Crippen LogP contribution in [0.3, 0.4) is 0 Å². The van der Waals surface area contributed by atoms with Crippen LogP contribution < -0.4 is 10.1 Å². The lowest BCUT2D eigenvalue weighted by Gasteiger charge is -2.06. The number of nitrogens with one attached hydrogen (secondary N) is 1. The highest BCUT2D eigenvalue weighted by Crippen LogP contribution is 2.39. The number of anilines is 1. The van der Waals surface area contributed by atoms with Crippen molar-refractivity contribution in [2.75, 3.05) is 5.43 Å². The highest BCUT2D eigenvalue weighted by Gasteiger charge is 2.29. The Morgan fingerprint density at radius 2 is 1.90 bits per heavy atom. The van der Waals surface area contributed by atoms with Crippen molar-refractivity contribution in [1.82, 2.24) is 24.9 Å². The summed E-state index contributed by atoms with van der Waals surface area (Å²) in [6.07, 6.45) is 10.4. The summed E-state index contributed by atoms with van der Waals surface area (Å²) in [6, 6.07) is 12.7. The summed E-state index contributed by atoms with van der Waals surface area (Å²) in [5.74, 6) is 2.80. The number of nitrogens with zero attached hydrogens (tertiary/aromatic N) is 6. The maximum absolute atomic E-state index is 5.40. The van der Waals surface area contributed by atoms with Crippen LogP contribution in [0.5, 0.6) is 0 Å². The lowest BCUT2D eigenvalue weighted by molar-refractivity contribution is -0.642. The molecule has 0 atom stereocenters. The third kappa shape index (κ3) is 3.26. The monoisotopic (exact) mass is 386 g/mol. The van der Waals surface area contributed by atoms with Crippen molar-refractivity contribution in [2.24, 2.45) is 0 Å². The van der Waals surface area contributed by atoms with Crippen molar-refractivity contribution in [2.45, 2.75) is 37.6 Å². The normalized spacial score (nSPS) is 16.1. The second kappa shape index (κ2) is 6.51. The summed E-state index contributed by atoms with van der Waals surface area (Å²) < 4.78 is 9.46. The highest BCUT2D eigenvalue weighted by molar-refractivity contribution is 5.62. The molecule has 3 heterocycles. The Morgan fingerprint density at radius 1 is 1.03 bits per heavy atom. The van der Waals surface area contributed by atoms with Crippen molar-refractivity contribution in [3.63, 3.8) is 0 Å². The van der Waals surface area contributed by atoms with E-state index < -0.39 is 0 Å². The van der Waals surface area contributed by atoms with Crippen molar-refractivity contribution in [1.29, 1.82) is 0 Å². The summed E-state index contributed by atoms with van der Waals surface area (Å²) in [5, 5.41) is 12.5. The summed E-state index contributed by atoms with van der Waals surface area (Å²) in [7, 11) is 0. The maximum atomic E-state index is 5.40. The van der Waals surface area contributed by atoms with Gasteiger partial charge in [0, 0.05) is 29.7 Å². The molecule has 8 heteroatoms. The maximum Gasteiger partial charge on any atom is 0.258 e. The molecule has 0 spiro atoms. The largest absolute Gasteiger partial charge is 0.334 e. The van der Waals surface area contributed by atoms with Crippen molar-refractivity contribution in [3.8, 4) is 22.8 Å². The Morgan fingerprint density at radius 3 is 2.69 bits per heavy atom. The first kappa shape index (κ1) is 16.4. The van der Waals surface area contributed by atoms with E-state index in [9.17, 15) is 0 Å². The molecule has 1 N–H and O–H groups in total. The molecule has 0 aliphatic heterocycles. The van der Waals surface area contributed by atoms with Gasteiger partial charge < -0.3 is 9.09 Å². The van der Waals surface area contributed by atoms with E-state index in [0.717, 1.165) is 41.3 Å². The van der Waals surface area contributed by atoms with Gasteiger partial charge in [-0.05, 0) is 37.8 Å². The fraction of sp³-hybridized carbons (Fsp3) is 0.286. The molecule has 3 aromatic heterocycles. The van der Waals surface area contributed by atoms with Crippen LogP contribution in [0.1, 0.15) is 43.5 Å². The molecule has 2 fully saturated rings. The summed E-state index contributed by atoms with van der Waals surface area (Å²) in [4.78, 5) is 4.50. The van der Waals surface area contributed by atoms with Gasteiger partial charge in [-0.1, -0.05) is 22.0 Å². The predicted octanol–water partition coefficient (Wildman–Crippen LogP) is 3.37. The number of hydrogen-bond acceptors (Lipinski definition) is 6. The first-order chi connectivity index (χ1) is 14.3. The molecule has 0 saturated heterocycles. The van der Waals surface area contributed by atoms with Gasteiger partial charge in [0.2, 0.25) is 12.4 Å². The Labute approximate surface area is 167 Å². The lowest BCUT2D eigenvalue weighted by atomic mass is 10.2. The lowest BCUT2D eigenvalue weighted by Crippen LogP contribution is -2.41. The van der Waals surface area contributed by atoms with Gasteiger partial charge in [0.1, 0.15) is 6.33 Å². The van der Waals surface area contributed by atoms with E-state index in [1.54, 1.807) is 0 Å². The van der Waals surface area contributed by atoms with Gasteiger partial charge in [0.15, 0.2) is 11.6 Å². The molecule has 2 aliphatic rings. The van der Waals surface area contributed by atoms with Crippen molar-refractivity contribution >= 4 is 5.69 Å². The Kier molecular flexibility index (Phi) is 3.68. The predicted molar refractivity (Wildman–Crippen MR) is 105 cm³/mol. The van der Waals surface area contributed by atoms with Gasteiger partial charge in [0.05, 0.1) is 11.3 Å². The summed E-state index contributed by atoms with van der Waals surface area (Å²) in [6.45, 7) is 0. The van der Waals surface area contributed by atoms with Crippen LogP contribution in [0.4, 0.5) is 5.69 Å². The molecule has 1 aromatic carbocycles. The fourth-order valence-corrected chi connectivity index (χ4v) is 3.45. The zero-order valence-corrected chi connectivity index (χ0v) is 15.8. The van der Waals surface area contributed by atoms with Crippen LogP contribution in [0.25, 0.3) is 22.8 Å². The van der Waals surface area contributed by atoms with Crippen LogP contribution in [0.15, 0.2) is 59.6 Å². The average Bonchev–Trinajstić information content (AvgIpc) is 3.69. The van der Waals surface area contributed by atoms with Crippen LogP contribution in [0.2, 0.25) is 0 Å². The molecule has 2 saturated carbocycles. The van der Waals surface area contributed by atoms with Gasteiger partial charge in [-0.25, -0.2) is 0 Å². The van der Waals surface area contributed by atoms with Crippen LogP contribution in [-0.2, 0) is 0 Å². The Hall–Kier alpha value is -3.55. The Bertz CT molecular complexity index is 1160. The third-order valence-corrected chi connectivity index (χ3v) is 5.35. The minimum absolute atomic E-state index is 0.487. The van der Waals surface area contributed by atoms with Crippen LogP contribution >= 0.6 is 0 Å². The standard InChI is InChI=1S/C21H20N7O/c1-2-16(20-24-22-13-28(20)18-6-7-18)12-17(3-1)25-27-10-8-15(9-11-27)21-23-19(26-29-21)14-4-5-14/h1-3,8-14,18,25H,4-7H2/q+1. The van der Waals surface area contributed by atoms with E-state index >= 15 is 0 Å². The minimum atomic E-state index is 0.487. The zero-order chi connectivity index (χ0) is 19.2. The van der Waals surface area contributed by atoms with Gasteiger partial charge in [-0.2, -0.15) is 10.4 Å². The molecule has 144 valence electrons. The number of pyridine rings is 1. The molecular formula is C21H20N7O+. The second-order valence-corrected chi connectivity index (χ2v) is 7.71. The number of aromatic nitrogens is 6. The van der Waals surface area contributed by atoms with Gasteiger partial charge in [-0.15, -0.1) is 10.2 Å².